The lowest BCUT2D eigenvalue weighted by Gasteiger charge is -2.39. The van der Waals surface area contributed by atoms with Crippen LogP contribution in [-0.2, 0) is 16.1 Å². The fourth-order valence-electron chi connectivity index (χ4n) is 5.22. The third kappa shape index (κ3) is 4.47. The Kier molecular flexibility index (Phi) is 6.18. The van der Waals surface area contributed by atoms with Crippen LogP contribution in [0.25, 0.3) is 0 Å². The Hall–Kier alpha value is -1.95. The van der Waals surface area contributed by atoms with Crippen LogP contribution in [0.5, 0.6) is 0 Å². The molecule has 0 bridgehead atoms. The monoisotopic (exact) mass is 401 g/mol. The van der Waals surface area contributed by atoms with Crippen molar-refractivity contribution in [2.45, 2.75) is 51.5 Å². The summed E-state index contributed by atoms with van der Waals surface area (Å²) in [5, 5.41) is 0. The third-order valence-electron chi connectivity index (χ3n) is 6.89. The van der Waals surface area contributed by atoms with Gasteiger partial charge in [-0.3, -0.25) is 14.5 Å². The van der Waals surface area contributed by atoms with Crippen molar-refractivity contribution in [3.05, 3.63) is 35.6 Å². The topological polar surface area (TPSA) is 43.9 Å². The highest BCUT2D eigenvalue weighted by Crippen LogP contribution is 2.40. The van der Waals surface area contributed by atoms with E-state index in [1.54, 1.807) is 12.1 Å². The van der Waals surface area contributed by atoms with E-state index in [1.165, 1.54) is 18.9 Å². The maximum absolute atomic E-state index is 14.1. The zero-order valence-electron chi connectivity index (χ0n) is 17.2. The van der Waals surface area contributed by atoms with Gasteiger partial charge in [0.15, 0.2) is 0 Å². The molecule has 6 heteroatoms. The van der Waals surface area contributed by atoms with E-state index in [2.05, 4.69) is 4.90 Å². The standard InChI is InChI=1S/C23H32FN3O2/c24-20-9-4-3-8-19(20)16-27-14-7-10-23(22(27)29)11-15-25(18-23)17-21(28)26-12-5-1-2-6-13-26/h3-4,8-9H,1-2,5-7,10-18H2. The normalized spacial score (nSPS) is 26.2. The molecule has 29 heavy (non-hydrogen) atoms. The molecule has 0 aliphatic carbocycles. The van der Waals surface area contributed by atoms with Gasteiger partial charge in [0, 0.05) is 38.3 Å². The Bertz CT molecular complexity index is 747. The second kappa shape index (κ2) is 8.82. The number of hydrogen-bond acceptors (Lipinski definition) is 3. The molecule has 1 spiro atoms. The Morgan fingerprint density at radius 1 is 0.966 bits per heavy atom. The second-order valence-electron chi connectivity index (χ2n) is 8.96. The molecule has 3 heterocycles. The van der Waals surface area contributed by atoms with Crippen LogP contribution >= 0.6 is 0 Å². The lowest BCUT2D eigenvalue weighted by Crippen LogP contribution is -2.50. The van der Waals surface area contributed by atoms with E-state index in [-0.39, 0.29) is 17.6 Å². The van der Waals surface area contributed by atoms with Gasteiger partial charge in [0.25, 0.3) is 0 Å². The van der Waals surface area contributed by atoms with Crippen LogP contribution in [0.3, 0.4) is 0 Å². The minimum absolute atomic E-state index is 0.136. The molecule has 2 amide bonds. The van der Waals surface area contributed by atoms with E-state index < -0.39 is 5.41 Å². The van der Waals surface area contributed by atoms with Gasteiger partial charge in [0.2, 0.25) is 11.8 Å². The largest absolute Gasteiger partial charge is 0.342 e. The van der Waals surface area contributed by atoms with Gasteiger partial charge in [-0.25, -0.2) is 4.39 Å². The summed E-state index contributed by atoms with van der Waals surface area (Å²) in [6, 6.07) is 6.69. The van der Waals surface area contributed by atoms with Crippen LogP contribution in [0, 0.1) is 11.2 Å². The zero-order chi connectivity index (χ0) is 20.3. The number of carbonyl (C=O) groups is 2. The molecule has 0 radical (unpaired) electrons. The van der Waals surface area contributed by atoms with Crippen LogP contribution < -0.4 is 0 Å². The van der Waals surface area contributed by atoms with Crippen LogP contribution in [0.4, 0.5) is 4.39 Å². The number of likely N-dealkylation sites (tertiary alicyclic amines) is 3. The summed E-state index contributed by atoms with van der Waals surface area (Å²) < 4.78 is 14.1. The average molecular weight is 402 g/mol. The molecular weight excluding hydrogens is 369 g/mol. The fourth-order valence-corrected chi connectivity index (χ4v) is 5.22. The highest BCUT2D eigenvalue weighted by Gasteiger charge is 2.48. The zero-order valence-corrected chi connectivity index (χ0v) is 17.2. The summed E-state index contributed by atoms with van der Waals surface area (Å²) in [4.78, 5) is 32.1. The number of hydrogen-bond donors (Lipinski definition) is 0. The van der Waals surface area contributed by atoms with Gasteiger partial charge in [0.1, 0.15) is 5.82 Å². The predicted molar refractivity (Wildman–Crippen MR) is 110 cm³/mol. The van der Waals surface area contributed by atoms with E-state index in [0.717, 1.165) is 51.7 Å². The molecule has 0 aromatic heterocycles. The van der Waals surface area contributed by atoms with Gasteiger partial charge < -0.3 is 9.80 Å². The molecule has 3 aliphatic heterocycles. The molecule has 3 aliphatic rings. The molecular formula is C23H32FN3O2. The van der Waals surface area contributed by atoms with E-state index in [1.807, 2.05) is 15.9 Å². The quantitative estimate of drug-likeness (QED) is 0.779. The number of amides is 2. The molecule has 4 rings (SSSR count). The third-order valence-corrected chi connectivity index (χ3v) is 6.89. The van der Waals surface area contributed by atoms with E-state index in [0.29, 0.717) is 31.7 Å². The molecule has 1 unspecified atom stereocenters. The number of benzene rings is 1. The first-order chi connectivity index (χ1) is 14.1. The van der Waals surface area contributed by atoms with Gasteiger partial charge in [-0.15, -0.1) is 0 Å². The Labute approximate surface area is 172 Å². The minimum atomic E-state index is -0.400. The Morgan fingerprint density at radius 2 is 1.72 bits per heavy atom. The van der Waals surface area contributed by atoms with Crippen LogP contribution in [-0.4, -0.2) is 65.8 Å². The molecule has 158 valence electrons. The van der Waals surface area contributed by atoms with Crippen LogP contribution in [0.15, 0.2) is 24.3 Å². The fraction of sp³-hybridized carbons (Fsp3) is 0.652. The first kappa shape index (κ1) is 20.3. The first-order valence-electron chi connectivity index (χ1n) is 11.1. The SMILES string of the molecule is O=C(CN1CCC2(CCCN(Cc3ccccc3F)C2=O)C1)N1CCCCCC1. The maximum atomic E-state index is 14.1. The van der Waals surface area contributed by atoms with Crippen molar-refractivity contribution in [2.24, 2.45) is 5.41 Å². The van der Waals surface area contributed by atoms with Crippen molar-refractivity contribution < 1.29 is 14.0 Å². The second-order valence-corrected chi connectivity index (χ2v) is 8.96. The number of nitrogens with zero attached hydrogens (tertiary/aromatic N) is 3. The van der Waals surface area contributed by atoms with Gasteiger partial charge in [-0.2, -0.15) is 0 Å². The molecule has 1 aromatic rings. The van der Waals surface area contributed by atoms with Gasteiger partial charge >= 0.3 is 0 Å². The minimum Gasteiger partial charge on any atom is -0.342 e. The lowest BCUT2D eigenvalue weighted by atomic mass is 9.78. The Balaban J connectivity index is 1.37. The average Bonchev–Trinajstić information content (AvgIpc) is 2.92. The summed E-state index contributed by atoms with van der Waals surface area (Å²) in [5.41, 5.74) is 0.173. The summed E-state index contributed by atoms with van der Waals surface area (Å²) >= 11 is 0. The van der Waals surface area contributed by atoms with Crippen molar-refractivity contribution in [1.82, 2.24) is 14.7 Å². The number of halogens is 1. The van der Waals surface area contributed by atoms with Gasteiger partial charge in [-0.05, 0) is 44.7 Å². The molecule has 1 aromatic carbocycles. The predicted octanol–water partition coefficient (Wildman–Crippen LogP) is 3.04. The molecule has 3 fully saturated rings. The van der Waals surface area contributed by atoms with Gasteiger partial charge in [-0.1, -0.05) is 31.0 Å². The van der Waals surface area contributed by atoms with Crippen molar-refractivity contribution >= 4 is 11.8 Å². The van der Waals surface area contributed by atoms with E-state index in [9.17, 15) is 14.0 Å². The van der Waals surface area contributed by atoms with E-state index in [4.69, 9.17) is 0 Å². The van der Waals surface area contributed by atoms with Crippen molar-refractivity contribution in [1.29, 1.82) is 0 Å². The Morgan fingerprint density at radius 3 is 2.48 bits per heavy atom. The lowest BCUT2D eigenvalue weighted by molar-refractivity contribution is -0.146. The smallest absolute Gasteiger partial charge is 0.236 e. The number of piperidine rings is 1. The number of carbonyl (C=O) groups excluding carboxylic acids is 2. The molecule has 1 atom stereocenters. The van der Waals surface area contributed by atoms with Crippen LogP contribution in [0.1, 0.15) is 50.5 Å². The van der Waals surface area contributed by atoms with Crippen LogP contribution in [0.2, 0.25) is 0 Å². The van der Waals surface area contributed by atoms with Crippen molar-refractivity contribution in [3.8, 4) is 0 Å². The molecule has 3 saturated heterocycles. The van der Waals surface area contributed by atoms with Crippen molar-refractivity contribution in [3.63, 3.8) is 0 Å². The molecule has 5 nitrogen and oxygen atoms in total. The molecule has 0 saturated carbocycles. The van der Waals surface area contributed by atoms with Gasteiger partial charge in [0.05, 0.1) is 12.0 Å². The highest BCUT2D eigenvalue weighted by molar-refractivity contribution is 5.84. The number of rotatable bonds is 4. The summed E-state index contributed by atoms with van der Waals surface area (Å²) in [7, 11) is 0. The highest BCUT2D eigenvalue weighted by atomic mass is 19.1. The summed E-state index contributed by atoms with van der Waals surface area (Å²) in [6.07, 6.45) is 7.22. The molecule has 0 N–H and O–H groups in total. The van der Waals surface area contributed by atoms with E-state index >= 15 is 0 Å². The maximum Gasteiger partial charge on any atom is 0.236 e. The first-order valence-corrected chi connectivity index (χ1v) is 11.1. The summed E-state index contributed by atoms with van der Waals surface area (Å²) in [6.45, 7) is 4.61. The van der Waals surface area contributed by atoms with Crippen molar-refractivity contribution in [2.75, 3.05) is 39.3 Å². The summed E-state index contributed by atoms with van der Waals surface area (Å²) in [5.74, 6) is 0.0863.